The average Bonchev–Trinajstić information content (AvgIpc) is 3.22. The van der Waals surface area contributed by atoms with Gasteiger partial charge in [-0.3, -0.25) is 4.79 Å². The molecule has 0 amide bonds. The number of carbonyl (C=O) groups is 1. The van der Waals surface area contributed by atoms with E-state index in [1.807, 2.05) is 12.1 Å². The normalized spacial score (nSPS) is 11.1. The van der Waals surface area contributed by atoms with Crippen molar-refractivity contribution in [3.8, 4) is 11.5 Å². The Balaban J connectivity index is 0.000000785. The summed E-state index contributed by atoms with van der Waals surface area (Å²) in [7, 11) is 1.76. The fraction of sp³-hybridized carbons (Fsp3) is 0.318. The molecule has 0 radical (unpaired) electrons. The molecule has 1 heterocycles. The number of aliphatic hydroxyl groups excluding tert-OH is 1. The zero-order valence-electron chi connectivity index (χ0n) is 17.4. The maximum atomic E-state index is 12.8. The van der Waals surface area contributed by atoms with Gasteiger partial charge in [0.25, 0.3) is 11.8 Å². The van der Waals surface area contributed by atoms with Gasteiger partial charge in [0.05, 0.1) is 5.56 Å². The lowest BCUT2D eigenvalue weighted by atomic mass is 10.1. The number of nitrogens with zero attached hydrogens (tertiary/aromatic N) is 3. The van der Waals surface area contributed by atoms with Crippen LogP contribution >= 0.6 is 0 Å². The molecule has 1 aromatic heterocycles. The van der Waals surface area contributed by atoms with Crippen molar-refractivity contribution < 1.29 is 27.6 Å². The van der Waals surface area contributed by atoms with Crippen molar-refractivity contribution in [2.24, 2.45) is 0 Å². The van der Waals surface area contributed by atoms with Crippen molar-refractivity contribution in [3.05, 3.63) is 65.2 Å². The van der Waals surface area contributed by atoms with E-state index in [2.05, 4.69) is 10.1 Å². The number of hydrogen-bond donors (Lipinski definition) is 1. The van der Waals surface area contributed by atoms with Crippen LogP contribution in [0.3, 0.4) is 0 Å². The monoisotopic (exact) mass is 435 g/mol. The third-order valence-electron chi connectivity index (χ3n) is 4.05. The number of aldehydes is 1. The lowest BCUT2D eigenvalue weighted by Crippen LogP contribution is -2.21. The maximum absolute atomic E-state index is 12.8. The molecule has 1 N–H and O–H groups in total. The lowest BCUT2D eigenvalue weighted by Gasteiger charge is -2.13. The van der Waals surface area contributed by atoms with Crippen LogP contribution in [0.5, 0.6) is 0 Å². The van der Waals surface area contributed by atoms with Gasteiger partial charge in [0, 0.05) is 30.8 Å². The van der Waals surface area contributed by atoms with Crippen molar-refractivity contribution >= 4 is 12.2 Å². The van der Waals surface area contributed by atoms with E-state index < -0.39 is 11.7 Å². The minimum Gasteiger partial charge on any atom is -0.394 e. The zero-order chi connectivity index (χ0) is 23.0. The van der Waals surface area contributed by atoms with Crippen molar-refractivity contribution in [1.82, 2.24) is 10.1 Å². The largest absolute Gasteiger partial charge is 0.416 e. The summed E-state index contributed by atoms with van der Waals surface area (Å²) in [5, 5.41) is 11.9. The first-order valence-corrected chi connectivity index (χ1v) is 9.55. The molecule has 0 aliphatic carbocycles. The minimum absolute atomic E-state index is 0.0262. The highest BCUT2D eigenvalue weighted by atomic mass is 19.4. The summed E-state index contributed by atoms with van der Waals surface area (Å²) in [5.41, 5.74) is 1.08. The Kier molecular flexibility index (Phi) is 8.32. The highest BCUT2D eigenvalue weighted by Gasteiger charge is 2.31. The van der Waals surface area contributed by atoms with E-state index >= 15 is 0 Å². The zero-order valence-corrected chi connectivity index (χ0v) is 17.4. The summed E-state index contributed by atoms with van der Waals surface area (Å²) in [5.74, 6) is 0.310. The molecule has 166 valence electrons. The first kappa shape index (κ1) is 24.1. The summed E-state index contributed by atoms with van der Waals surface area (Å²) in [6.07, 6.45) is -3.14. The second kappa shape index (κ2) is 10.7. The predicted octanol–water partition coefficient (Wildman–Crippen LogP) is 4.63. The van der Waals surface area contributed by atoms with Gasteiger partial charge in [0.1, 0.15) is 6.29 Å². The molecule has 0 bridgehead atoms. The first-order chi connectivity index (χ1) is 14.6. The molecule has 0 unspecified atom stereocenters. The summed E-state index contributed by atoms with van der Waals surface area (Å²) in [6.45, 7) is 4.02. The number of aliphatic hydroxyl groups is 1. The quantitative estimate of drug-likeness (QED) is 0.569. The van der Waals surface area contributed by atoms with Crippen LogP contribution in [0.15, 0.2) is 53.1 Å². The summed E-state index contributed by atoms with van der Waals surface area (Å²) < 4.78 is 43.6. The van der Waals surface area contributed by atoms with Crippen LogP contribution in [-0.2, 0) is 12.6 Å². The van der Waals surface area contributed by atoms with E-state index in [1.165, 1.54) is 12.1 Å². The van der Waals surface area contributed by atoms with Crippen LogP contribution in [0.4, 0.5) is 19.1 Å². The molecule has 3 rings (SSSR count). The van der Waals surface area contributed by atoms with Crippen molar-refractivity contribution in [2.75, 3.05) is 18.5 Å². The summed E-state index contributed by atoms with van der Waals surface area (Å²) >= 11 is 0. The van der Waals surface area contributed by atoms with Gasteiger partial charge in [-0.1, -0.05) is 30.3 Å². The average molecular weight is 435 g/mol. The maximum Gasteiger partial charge on any atom is 0.416 e. The second-order valence-electron chi connectivity index (χ2n) is 7.10. The lowest BCUT2D eigenvalue weighted by molar-refractivity contribution is -0.137. The SMILES string of the molecule is CC(C)O.CN(CCc1ccc(C=O)cc1)c1noc(-c2cccc(C(F)(F)F)c2)n1. The van der Waals surface area contributed by atoms with E-state index in [0.717, 1.165) is 24.0 Å². The van der Waals surface area contributed by atoms with Gasteiger partial charge in [-0.25, -0.2) is 0 Å². The molecule has 0 atom stereocenters. The number of benzene rings is 2. The molecule has 0 spiro atoms. The van der Waals surface area contributed by atoms with Gasteiger partial charge in [-0.2, -0.15) is 18.2 Å². The molecule has 0 aliphatic rings. The van der Waals surface area contributed by atoms with Gasteiger partial charge in [-0.15, -0.1) is 0 Å². The van der Waals surface area contributed by atoms with E-state index in [1.54, 1.807) is 37.9 Å². The number of hydrogen-bond acceptors (Lipinski definition) is 6. The van der Waals surface area contributed by atoms with Crippen molar-refractivity contribution in [1.29, 1.82) is 0 Å². The molecule has 3 aromatic rings. The van der Waals surface area contributed by atoms with Crippen LogP contribution in [-0.4, -0.2) is 41.2 Å². The van der Waals surface area contributed by atoms with Gasteiger partial charge in [0.15, 0.2) is 0 Å². The Bertz CT molecular complexity index is 967. The van der Waals surface area contributed by atoms with Crippen LogP contribution in [0.2, 0.25) is 0 Å². The molecule has 9 heteroatoms. The molecule has 6 nitrogen and oxygen atoms in total. The molecular formula is C22H24F3N3O3. The molecule has 2 aromatic carbocycles. The molecule has 0 saturated carbocycles. The predicted molar refractivity (Wildman–Crippen MR) is 111 cm³/mol. The Morgan fingerprint density at radius 2 is 1.81 bits per heavy atom. The third-order valence-corrected chi connectivity index (χ3v) is 4.05. The number of likely N-dealkylation sites (N-methyl/N-ethyl adjacent to an activating group) is 1. The van der Waals surface area contributed by atoms with E-state index in [0.29, 0.717) is 18.5 Å². The van der Waals surface area contributed by atoms with Crippen molar-refractivity contribution in [2.45, 2.75) is 32.5 Å². The molecule has 0 aliphatic heterocycles. The van der Waals surface area contributed by atoms with Crippen LogP contribution in [0.25, 0.3) is 11.5 Å². The van der Waals surface area contributed by atoms with E-state index in [-0.39, 0.29) is 23.5 Å². The summed E-state index contributed by atoms with van der Waals surface area (Å²) in [6, 6.07) is 12.0. The van der Waals surface area contributed by atoms with Gasteiger partial charge >= 0.3 is 6.18 Å². The Hall–Kier alpha value is -3.20. The van der Waals surface area contributed by atoms with Crippen molar-refractivity contribution in [3.63, 3.8) is 0 Å². The van der Waals surface area contributed by atoms with Crippen LogP contribution in [0, 0.1) is 0 Å². The molecule has 31 heavy (non-hydrogen) atoms. The molecule has 0 fully saturated rings. The highest BCUT2D eigenvalue weighted by Crippen LogP contribution is 2.32. The fourth-order valence-corrected chi connectivity index (χ4v) is 2.48. The van der Waals surface area contributed by atoms with E-state index in [4.69, 9.17) is 9.63 Å². The first-order valence-electron chi connectivity index (χ1n) is 9.55. The number of anilines is 1. The fourth-order valence-electron chi connectivity index (χ4n) is 2.48. The number of aromatic nitrogens is 2. The van der Waals surface area contributed by atoms with Crippen LogP contribution < -0.4 is 4.90 Å². The van der Waals surface area contributed by atoms with Crippen LogP contribution in [0.1, 0.15) is 35.3 Å². The third kappa shape index (κ3) is 7.53. The standard InChI is InChI=1S/C19H16F3N3O2.C3H8O/c1-25(10-9-13-5-7-14(12-26)8-6-13)18-23-17(27-24-18)15-3-2-4-16(11-15)19(20,21)22;1-3(2)4/h2-8,11-12H,9-10H2,1H3;3-4H,1-2H3. The molecular weight excluding hydrogens is 411 g/mol. The van der Waals surface area contributed by atoms with Gasteiger partial charge in [-0.05, 0) is 49.2 Å². The van der Waals surface area contributed by atoms with E-state index in [9.17, 15) is 18.0 Å². The smallest absolute Gasteiger partial charge is 0.394 e. The van der Waals surface area contributed by atoms with Gasteiger partial charge in [0.2, 0.25) is 0 Å². The Labute approximate surface area is 178 Å². The number of halogens is 3. The Morgan fingerprint density at radius 1 is 1.16 bits per heavy atom. The summed E-state index contributed by atoms with van der Waals surface area (Å²) in [4.78, 5) is 16.6. The van der Waals surface area contributed by atoms with Gasteiger partial charge < -0.3 is 14.5 Å². The molecule has 0 saturated heterocycles. The second-order valence-corrected chi connectivity index (χ2v) is 7.10. The topological polar surface area (TPSA) is 79.5 Å². The minimum atomic E-state index is -4.44. The number of alkyl halides is 3. The number of carbonyl (C=O) groups excluding carboxylic acids is 1. The Morgan fingerprint density at radius 3 is 2.39 bits per heavy atom. The highest BCUT2D eigenvalue weighted by molar-refractivity contribution is 5.74. The number of rotatable bonds is 6.